The number of hydrogen-bond donors (Lipinski definition) is 1. The molecule has 0 aromatic rings. The first kappa shape index (κ1) is 11.9. The lowest BCUT2D eigenvalue weighted by molar-refractivity contribution is 0.213. The van der Waals surface area contributed by atoms with Gasteiger partial charge >= 0.3 is 0 Å². The Balaban J connectivity index is 2.55. The summed E-state index contributed by atoms with van der Waals surface area (Å²) in [7, 11) is -1.76. The third kappa shape index (κ3) is 3.20. The van der Waals surface area contributed by atoms with Gasteiger partial charge in [-0.15, -0.1) is 0 Å². The highest BCUT2D eigenvalue weighted by Gasteiger charge is 2.36. The lowest BCUT2D eigenvalue weighted by atomic mass is 10.6. The fourth-order valence-corrected chi connectivity index (χ4v) is 2.95. The molecular formula is C8H17NO4S. The Morgan fingerprint density at radius 2 is 2.14 bits per heavy atom. The van der Waals surface area contributed by atoms with Gasteiger partial charge in [-0.2, -0.15) is 4.31 Å². The molecule has 1 aliphatic rings. The molecule has 5 nitrogen and oxygen atoms in total. The van der Waals surface area contributed by atoms with Crippen molar-refractivity contribution < 1.29 is 18.3 Å². The molecule has 0 heterocycles. The Kier molecular flexibility index (Phi) is 4.31. The van der Waals surface area contributed by atoms with Crippen LogP contribution in [0, 0.1) is 0 Å². The normalized spacial score (nSPS) is 17.6. The zero-order chi connectivity index (χ0) is 10.6. The molecule has 1 N–H and O–H groups in total. The lowest BCUT2D eigenvalue weighted by Crippen LogP contribution is -2.38. The maximum Gasteiger partial charge on any atom is 0.216 e. The van der Waals surface area contributed by atoms with Crippen molar-refractivity contribution in [3.63, 3.8) is 0 Å². The maximum absolute atomic E-state index is 11.7. The number of ether oxygens (including phenoxy) is 1. The third-order valence-electron chi connectivity index (χ3n) is 2.18. The molecule has 0 bridgehead atoms. The molecule has 0 amide bonds. The van der Waals surface area contributed by atoms with Crippen LogP contribution in [0.5, 0.6) is 0 Å². The molecule has 84 valence electrons. The standard InChI is InChI=1S/C8H17NO4S/c1-13-6-7-14(11,12)9(4-5-10)8-2-3-8/h8,10H,2-7H2,1H3. The molecule has 0 unspecified atom stereocenters. The van der Waals surface area contributed by atoms with Crippen molar-refractivity contribution in [3.8, 4) is 0 Å². The Bertz CT molecular complexity index is 261. The van der Waals surface area contributed by atoms with Crippen molar-refractivity contribution in [2.24, 2.45) is 0 Å². The van der Waals surface area contributed by atoms with Crippen LogP contribution in [0.3, 0.4) is 0 Å². The highest BCUT2D eigenvalue weighted by molar-refractivity contribution is 7.89. The van der Waals surface area contributed by atoms with Crippen LogP contribution in [-0.4, -0.2) is 56.5 Å². The van der Waals surface area contributed by atoms with Gasteiger partial charge in [-0.25, -0.2) is 8.42 Å². The Morgan fingerprint density at radius 1 is 1.50 bits per heavy atom. The zero-order valence-corrected chi connectivity index (χ0v) is 9.16. The van der Waals surface area contributed by atoms with Crippen molar-refractivity contribution in [3.05, 3.63) is 0 Å². The molecule has 0 aliphatic heterocycles. The second kappa shape index (κ2) is 5.06. The van der Waals surface area contributed by atoms with Crippen molar-refractivity contribution in [2.45, 2.75) is 18.9 Å². The minimum atomic E-state index is -3.24. The first-order chi connectivity index (χ1) is 6.61. The zero-order valence-electron chi connectivity index (χ0n) is 8.35. The van der Waals surface area contributed by atoms with Gasteiger partial charge in [0.15, 0.2) is 0 Å². The topological polar surface area (TPSA) is 66.8 Å². The van der Waals surface area contributed by atoms with Gasteiger partial charge in [-0.05, 0) is 12.8 Å². The number of methoxy groups -OCH3 is 1. The van der Waals surface area contributed by atoms with Crippen molar-refractivity contribution in [1.82, 2.24) is 4.31 Å². The van der Waals surface area contributed by atoms with E-state index >= 15 is 0 Å². The minimum Gasteiger partial charge on any atom is -0.395 e. The van der Waals surface area contributed by atoms with E-state index in [0.717, 1.165) is 12.8 Å². The summed E-state index contributed by atoms with van der Waals surface area (Å²) in [4.78, 5) is 0. The average molecular weight is 223 g/mol. The molecule has 1 saturated carbocycles. The number of hydrogen-bond acceptors (Lipinski definition) is 4. The Morgan fingerprint density at radius 3 is 2.57 bits per heavy atom. The number of nitrogens with zero attached hydrogens (tertiary/aromatic N) is 1. The quantitative estimate of drug-likeness (QED) is 0.627. The van der Waals surface area contributed by atoms with Crippen LogP contribution in [0.25, 0.3) is 0 Å². The van der Waals surface area contributed by atoms with Crippen LogP contribution in [0.4, 0.5) is 0 Å². The summed E-state index contributed by atoms with van der Waals surface area (Å²) in [6.45, 7) is 0.288. The van der Waals surface area contributed by atoms with Crippen LogP contribution < -0.4 is 0 Å². The van der Waals surface area contributed by atoms with Crippen molar-refractivity contribution in [2.75, 3.05) is 32.6 Å². The number of aliphatic hydroxyl groups excluding tert-OH is 1. The van der Waals surface area contributed by atoms with Gasteiger partial charge in [0.25, 0.3) is 0 Å². The summed E-state index contributed by atoms with van der Waals surface area (Å²) in [5.74, 6) is 0. The largest absolute Gasteiger partial charge is 0.395 e. The molecule has 1 rings (SSSR count). The van der Waals surface area contributed by atoms with E-state index in [9.17, 15) is 8.42 Å². The number of rotatable bonds is 7. The molecule has 0 aromatic heterocycles. The average Bonchev–Trinajstić information content (AvgIpc) is 2.94. The van der Waals surface area contributed by atoms with Gasteiger partial charge in [0.05, 0.1) is 19.0 Å². The summed E-state index contributed by atoms with van der Waals surface area (Å²) < 4.78 is 29.5. The van der Waals surface area contributed by atoms with Gasteiger partial charge in [-0.1, -0.05) is 0 Å². The molecule has 14 heavy (non-hydrogen) atoms. The highest BCUT2D eigenvalue weighted by atomic mass is 32.2. The van der Waals surface area contributed by atoms with Gasteiger partial charge in [0.2, 0.25) is 10.0 Å². The van der Waals surface area contributed by atoms with E-state index in [1.165, 1.54) is 11.4 Å². The molecule has 1 aliphatic carbocycles. The molecule has 0 aromatic carbocycles. The highest BCUT2D eigenvalue weighted by Crippen LogP contribution is 2.28. The van der Waals surface area contributed by atoms with Crippen LogP contribution in [0.2, 0.25) is 0 Å². The van der Waals surface area contributed by atoms with E-state index in [1.54, 1.807) is 0 Å². The summed E-state index contributed by atoms with van der Waals surface area (Å²) in [6, 6.07) is 0.115. The van der Waals surface area contributed by atoms with Crippen molar-refractivity contribution >= 4 is 10.0 Å². The molecule has 0 spiro atoms. The summed E-state index contributed by atoms with van der Waals surface area (Å²) >= 11 is 0. The monoisotopic (exact) mass is 223 g/mol. The van der Waals surface area contributed by atoms with Crippen LogP contribution in [-0.2, 0) is 14.8 Å². The van der Waals surface area contributed by atoms with E-state index in [0.29, 0.717) is 0 Å². The molecule has 6 heteroatoms. The fraction of sp³-hybridized carbons (Fsp3) is 1.00. The predicted molar refractivity (Wildman–Crippen MR) is 52.5 cm³/mol. The number of sulfonamides is 1. The van der Waals surface area contributed by atoms with Gasteiger partial charge < -0.3 is 9.84 Å². The number of aliphatic hydroxyl groups is 1. The van der Waals surface area contributed by atoms with E-state index in [-0.39, 0.29) is 31.6 Å². The lowest BCUT2D eigenvalue weighted by Gasteiger charge is -2.20. The Hall–Kier alpha value is -0.170. The molecule has 0 saturated heterocycles. The van der Waals surface area contributed by atoms with E-state index < -0.39 is 10.0 Å². The molecular weight excluding hydrogens is 206 g/mol. The van der Waals surface area contributed by atoms with Gasteiger partial charge in [0.1, 0.15) is 0 Å². The van der Waals surface area contributed by atoms with E-state index in [4.69, 9.17) is 9.84 Å². The second-order valence-electron chi connectivity index (χ2n) is 3.37. The third-order valence-corrected chi connectivity index (χ3v) is 4.06. The molecule has 0 atom stereocenters. The maximum atomic E-state index is 11.7. The summed E-state index contributed by atoms with van der Waals surface area (Å²) in [6.07, 6.45) is 1.82. The van der Waals surface area contributed by atoms with Gasteiger partial charge in [0, 0.05) is 19.7 Å². The summed E-state index contributed by atoms with van der Waals surface area (Å²) in [5, 5.41) is 8.76. The molecule has 1 fully saturated rings. The first-order valence-corrected chi connectivity index (χ1v) is 6.32. The van der Waals surface area contributed by atoms with Gasteiger partial charge in [-0.3, -0.25) is 0 Å². The predicted octanol–water partition coefficient (Wildman–Crippen LogP) is -0.581. The van der Waals surface area contributed by atoms with Crippen LogP contribution >= 0.6 is 0 Å². The van der Waals surface area contributed by atoms with Crippen LogP contribution in [0.1, 0.15) is 12.8 Å². The van der Waals surface area contributed by atoms with E-state index in [2.05, 4.69) is 0 Å². The SMILES string of the molecule is COCCS(=O)(=O)N(CCO)C1CC1. The second-order valence-corrected chi connectivity index (χ2v) is 5.42. The Labute approximate surface area is 84.7 Å². The van der Waals surface area contributed by atoms with E-state index in [1.807, 2.05) is 0 Å². The summed E-state index contributed by atoms with van der Waals surface area (Å²) in [5.41, 5.74) is 0. The fourth-order valence-electron chi connectivity index (χ4n) is 1.32. The molecule has 0 radical (unpaired) electrons. The van der Waals surface area contributed by atoms with Crippen LogP contribution in [0.15, 0.2) is 0 Å². The first-order valence-electron chi connectivity index (χ1n) is 4.71. The smallest absolute Gasteiger partial charge is 0.216 e. The van der Waals surface area contributed by atoms with Crippen molar-refractivity contribution in [1.29, 1.82) is 0 Å². The minimum absolute atomic E-state index is 0.